The summed E-state index contributed by atoms with van der Waals surface area (Å²) in [5.74, 6) is 0.756. The van der Waals surface area contributed by atoms with Gasteiger partial charge in [0.2, 0.25) is 0 Å². The number of halogens is 1. The first-order valence-electron chi connectivity index (χ1n) is 8.52. The van der Waals surface area contributed by atoms with E-state index in [0.29, 0.717) is 15.9 Å². The molecule has 0 atom stereocenters. The van der Waals surface area contributed by atoms with Crippen LogP contribution < -0.4 is 5.43 Å². The number of nitrogens with one attached hydrogen (secondary N) is 1. The topological polar surface area (TPSA) is 44.7 Å². The van der Waals surface area contributed by atoms with Crippen molar-refractivity contribution in [3.8, 4) is 0 Å². The molecule has 26 heavy (non-hydrogen) atoms. The lowest BCUT2D eigenvalue weighted by Gasteiger charge is -2.19. The van der Waals surface area contributed by atoms with Crippen molar-refractivity contribution in [3.05, 3.63) is 70.9 Å². The second-order valence-electron chi connectivity index (χ2n) is 5.80. The van der Waals surface area contributed by atoms with Gasteiger partial charge in [-0.05, 0) is 42.3 Å². The lowest BCUT2D eigenvalue weighted by molar-refractivity contribution is -0.121. The summed E-state index contributed by atoms with van der Waals surface area (Å²) >= 11 is 7.51. The van der Waals surface area contributed by atoms with Gasteiger partial charge in [-0.3, -0.25) is 10.2 Å². The molecule has 0 aromatic heterocycles. The van der Waals surface area contributed by atoms with Gasteiger partial charge in [-0.2, -0.15) is 5.01 Å². The van der Waals surface area contributed by atoms with Crippen LogP contribution >= 0.6 is 23.4 Å². The second kappa shape index (κ2) is 8.92. The Morgan fingerprint density at radius 2 is 1.88 bits per heavy atom. The van der Waals surface area contributed by atoms with E-state index in [1.165, 1.54) is 5.01 Å². The number of thioether (sulfide) groups is 1. The maximum Gasteiger partial charge on any atom is 0.297 e. The summed E-state index contributed by atoms with van der Waals surface area (Å²) < 4.78 is 0. The smallest absolute Gasteiger partial charge is 0.289 e. The molecule has 2 aromatic rings. The molecule has 0 radical (unpaired) electrons. The van der Waals surface area contributed by atoms with Crippen LogP contribution in [0.1, 0.15) is 25.3 Å². The quantitative estimate of drug-likeness (QED) is 0.532. The van der Waals surface area contributed by atoms with Crippen LogP contribution in [0.15, 0.2) is 65.3 Å². The number of rotatable bonds is 6. The number of amidine groups is 1. The van der Waals surface area contributed by atoms with Crippen LogP contribution in [0.4, 0.5) is 5.69 Å². The van der Waals surface area contributed by atoms with Crippen molar-refractivity contribution in [1.29, 1.82) is 0 Å². The van der Waals surface area contributed by atoms with Gasteiger partial charge >= 0.3 is 0 Å². The van der Waals surface area contributed by atoms with Gasteiger partial charge in [0.15, 0.2) is 5.17 Å². The molecule has 3 rings (SSSR count). The Morgan fingerprint density at radius 1 is 1.15 bits per heavy atom. The highest BCUT2D eigenvalue weighted by Gasteiger charge is 2.30. The van der Waals surface area contributed by atoms with E-state index in [-0.39, 0.29) is 5.91 Å². The normalized spacial score (nSPS) is 15.5. The van der Waals surface area contributed by atoms with Gasteiger partial charge in [-0.15, -0.1) is 0 Å². The molecule has 134 valence electrons. The number of para-hydroxylation sites is 1. The van der Waals surface area contributed by atoms with Gasteiger partial charge in [0.25, 0.3) is 5.91 Å². The fraction of sp³-hybridized carbons (Fsp3) is 0.200. The molecule has 1 amide bonds. The van der Waals surface area contributed by atoms with Crippen molar-refractivity contribution in [1.82, 2.24) is 5.01 Å². The van der Waals surface area contributed by atoms with E-state index in [4.69, 9.17) is 11.6 Å². The maximum atomic E-state index is 12.9. The number of amides is 1. The highest BCUT2D eigenvalue weighted by Crippen LogP contribution is 2.25. The standard InChI is InChI=1S/C20H20ClN3OS/c1-2-3-13-26-20-22-18(14-15-9-11-16(21)12-10-15)19(25)24(20)23-17-7-5-4-6-8-17/h4-12,14,23H,2-3,13H2,1H3/b18-14-. The first-order chi connectivity index (χ1) is 12.7. The zero-order valence-corrected chi connectivity index (χ0v) is 16.1. The molecule has 1 N–H and O–H groups in total. The van der Waals surface area contributed by atoms with E-state index in [9.17, 15) is 4.79 Å². The molecule has 0 fully saturated rings. The van der Waals surface area contributed by atoms with E-state index in [1.807, 2.05) is 42.5 Å². The summed E-state index contributed by atoms with van der Waals surface area (Å²) in [6, 6.07) is 17.0. The molecule has 0 unspecified atom stereocenters. The molecule has 0 saturated carbocycles. The fourth-order valence-corrected chi connectivity index (χ4v) is 3.52. The molecule has 0 bridgehead atoms. The number of unbranched alkanes of at least 4 members (excludes halogenated alkanes) is 1. The van der Waals surface area contributed by atoms with Gasteiger partial charge in [0, 0.05) is 10.8 Å². The van der Waals surface area contributed by atoms with Crippen LogP contribution in [0.2, 0.25) is 5.02 Å². The Hall–Kier alpha value is -2.24. The van der Waals surface area contributed by atoms with Crippen molar-refractivity contribution in [2.75, 3.05) is 11.2 Å². The number of hydrogen-bond acceptors (Lipinski definition) is 4. The van der Waals surface area contributed by atoms with Crippen molar-refractivity contribution in [3.63, 3.8) is 0 Å². The highest BCUT2D eigenvalue weighted by molar-refractivity contribution is 8.13. The van der Waals surface area contributed by atoms with Crippen LogP contribution in [0.25, 0.3) is 6.08 Å². The number of aliphatic imine (C=N–C) groups is 1. The summed E-state index contributed by atoms with van der Waals surface area (Å²) in [6.07, 6.45) is 3.97. The molecule has 1 aliphatic heterocycles. The predicted octanol–water partition coefficient (Wildman–Crippen LogP) is 5.44. The lowest BCUT2D eigenvalue weighted by atomic mass is 10.2. The maximum absolute atomic E-state index is 12.9. The Bertz CT molecular complexity index is 819. The summed E-state index contributed by atoms with van der Waals surface area (Å²) in [5.41, 5.74) is 5.31. The van der Waals surface area contributed by atoms with Gasteiger partial charge in [-0.1, -0.05) is 67.0 Å². The minimum absolute atomic E-state index is 0.164. The minimum Gasteiger partial charge on any atom is -0.289 e. The highest BCUT2D eigenvalue weighted by atomic mass is 35.5. The van der Waals surface area contributed by atoms with Gasteiger partial charge < -0.3 is 0 Å². The lowest BCUT2D eigenvalue weighted by Crippen LogP contribution is -2.36. The minimum atomic E-state index is -0.164. The summed E-state index contributed by atoms with van der Waals surface area (Å²) in [4.78, 5) is 17.4. The molecular formula is C20H20ClN3OS. The van der Waals surface area contributed by atoms with E-state index in [0.717, 1.165) is 29.8 Å². The van der Waals surface area contributed by atoms with Crippen LogP contribution in [-0.4, -0.2) is 21.8 Å². The third-order valence-electron chi connectivity index (χ3n) is 3.75. The monoisotopic (exact) mass is 385 g/mol. The third kappa shape index (κ3) is 4.68. The summed E-state index contributed by atoms with van der Waals surface area (Å²) in [5, 5.41) is 2.86. The van der Waals surface area contributed by atoms with Crippen LogP contribution in [0.5, 0.6) is 0 Å². The Labute approximate surface area is 162 Å². The molecule has 6 heteroatoms. The third-order valence-corrected chi connectivity index (χ3v) is 5.02. The average molecular weight is 386 g/mol. The number of carbonyl (C=O) groups excluding carboxylic acids is 1. The first-order valence-corrected chi connectivity index (χ1v) is 9.88. The zero-order chi connectivity index (χ0) is 18.4. The average Bonchev–Trinajstić information content (AvgIpc) is 2.94. The summed E-state index contributed by atoms with van der Waals surface area (Å²) in [6.45, 7) is 2.15. The van der Waals surface area contributed by atoms with E-state index >= 15 is 0 Å². The summed E-state index contributed by atoms with van der Waals surface area (Å²) in [7, 11) is 0. The van der Waals surface area contributed by atoms with E-state index < -0.39 is 0 Å². The number of anilines is 1. The molecule has 1 heterocycles. The Balaban J connectivity index is 1.84. The molecule has 4 nitrogen and oxygen atoms in total. The molecular weight excluding hydrogens is 366 g/mol. The largest absolute Gasteiger partial charge is 0.297 e. The van der Waals surface area contributed by atoms with Crippen molar-refractivity contribution in [2.45, 2.75) is 19.8 Å². The molecule has 1 aliphatic rings. The Morgan fingerprint density at radius 3 is 2.58 bits per heavy atom. The van der Waals surface area contributed by atoms with E-state index in [2.05, 4.69) is 17.3 Å². The second-order valence-corrected chi connectivity index (χ2v) is 7.29. The van der Waals surface area contributed by atoms with Crippen LogP contribution in [0, 0.1) is 0 Å². The van der Waals surface area contributed by atoms with Crippen LogP contribution in [-0.2, 0) is 4.79 Å². The first kappa shape index (κ1) is 18.5. The van der Waals surface area contributed by atoms with Gasteiger partial charge in [0.05, 0.1) is 5.69 Å². The fourth-order valence-electron chi connectivity index (χ4n) is 2.36. The van der Waals surface area contributed by atoms with Crippen LogP contribution in [0.3, 0.4) is 0 Å². The number of hydrogen-bond donors (Lipinski definition) is 1. The molecule has 2 aromatic carbocycles. The van der Waals surface area contributed by atoms with Crippen molar-refractivity contribution >= 4 is 46.2 Å². The zero-order valence-electron chi connectivity index (χ0n) is 14.5. The van der Waals surface area contributed by atoms with E-state index in [1.54, 1.807) is 30.0 Å². The predicted molar refractivity (Wildman–Crippen MR) is 111 cm³/mol. The molecule has 0 aliphatic carbocycles. The number of benzene rings is 2. The molecule has 0 spiro atoms. The van der Waals surface area contributed by atoms with Gasteiger partial charge in [-0.25, -0.2) is 4.99 Å². The SMILES string of the molecule is CCCCSC1=N/C(=C\c2ccc(Cl)cc2)C(=O)N1Nc1ccccc1. The van der Waals surface area contributed by atoms with Crippen molar-refractivity contribution < 1.29 is 4.79 Å². The Kier molecular flexibility index (Phi) is 6.36. The number of carbonyl (C=O) groups is 1. The van der Waals surface area contributed by atoms with Gasteiger partial charge in [0.1, 0.15) is 5.70 Å². The molecule has 0 saturated heterocycles. The number of nitrogens with zero attached hydrogens (tertiary/aromatic N) is 2. The van der Waals surface area contributed by atoms with Crippen molar-refractivity contribution in [2.24, 2.45) is 4.99 Å². The number of hydrazine groups is 1.